The summed E-state index contributed by atoms with van der Waals surface area (Å²) >= 11 is 0. The van der Waals surface area contributed by atoms with Crippen LogP contribution in [-0.2, 0) is 6.42 Å². The van der Waals surface area contributed by atoms with E-state index >= 15 is 0 Å². The van der Waals surface area contributed by atoms with Gasteiger partial charge in [0.25, 0.3) is 0 Å². The molecule has 0 aliphatic heterocycles. The van der Waals surface area contributed by atoms with Crippen LogP contribution in [0.3, 0.4) is 0 Å². The molecule has 0 fully saturated rings. The molecule has 96 valence electrons. The zero-order valence-corrected chi connectivity index (χ0v) is 10.3. The van der Waals surface area contributed by atoms with Gasteiger partial charge in [0.05, 0.1) is 11.4 Å². The second kappa shape index (κ2) is 6.25. The van der Waals surface area contributed by atoms with E-state index in [1.165, 1.54) is 11.1 Å². The van der Waals surface area contributed by atoms with Gasteiger partial charge in [0.2, 0.25) is 0 Å². The van der Waals surface area contributed by atoms with E-state index in [0.717, 1.165) is 17.8 Å². The van der Waals surface area contributed by atoms with Crippen molar-refractivity contribution in [3.05, 3.63) is 59.7 Å². The molecule has 0 radical (unpaired) electrons. The molecule has 0 saturated carbocycles. The van der Waals surface area contributed by atoms with Gasteiger partial charge >= 0.3 is 0 Å². The third-order valence-electron chi connectivity index (χ3n) is 2.63. The molecule has 0 aromatic heterocycles. The summed E-state index contributed by atoms with van der Waals surface area (Å²) in [6.07, 6.45) is 0.833. The van der Waals surface area contributed by atoms with Gasteiger partial charge in [-0.15, -0.1) is 10.2 Å². The fraction of sp³-hybridized carbons (Fsp3) is 0.0769. The molecule has 4 N–H and O–H groups in total. The summed E-state index contributed by atoms with van der Waals surface area (Å²) in [7, 11) is 0. The average Bonchev–Trinajstić information content (AvgIpc) is 2.44. The Morgan fingerprint density at radius 2 is 1.00 bits per heavy atom. The molecule has 2 rings (SSSR count). The molecular weight excluding hydrogens is 240 g/mol. The largest absolute Gasteiger partial charge is 0.305 e. The summed E-state index contributed by atoms with van der Waals surface area (Å²) in [6, 6.07) is 15.5. The lowest BCUT2D eigenvalue weighted by Gasteiger charge is -2.02. The molecule has 0 atom stereocenters. The van der Waals surface area contributed by atoms with Gasteiger partial charge in [0.1, 0.15) is 0 Å². The Morgan fingerprint density at radius 3 is 1.32 bits per heavy atom. The highest BCUT2D eigenvalue weighted by Crippen LogP contribution is 2.18. The van der Waals surface area contributed by atoms with Crippen molar-refractivity contribution in [3.8, 4) is 0 Å². The van der Waals surface area contributed by atoms with Gasteiger partial charge in [-0.1, -0.05) is 34.7 Å². The Morgan fingerprint density at radius 1 is 0.632 bits per heavy atom. The van der Waals surface area contributed by atoms with E-state index < -0.39 is 0 Å². The van der Waals surface area contributed by atoms with Crippen molar-refractivity contribution in [2.75, 3.05) is 0 Å². The van der Waals surface area contributed by atoms with Crippen LogP contribution in [0.15, 0.2) is 69.2 Å². The van der Waals surface area contributed by atoms with Gasteiger partial charge in [-0.2, -0.15) is 0 Å². The van der Waals surface area contributed by atoms with Crippen molar-refractivity contribution < 1.29 is 0 Å². The molecule has 0 spiro atoms. The molecule has 0 saturated heterocycles. The van der Waals surface area contributed by atoms with Gasteiger partial charge in [0.15, 0.2) is 0 Å². The van der Waals surface area contributed by atoms with E-state index in [9.17, 15) is 0 Å². The molecule has 0 amide bonds. The SMILES string of the molecule is NN=Nc1ccc(Cc2ccc(N=NN)cc2)cc1. The standard InChI is InChI=1S/C13H14N6/c14-18-16-12-5-1-10(2-6-12)9-11-3-7-13(8-4-11)17-19-15/h1-8H,9H2,(H2,14,16)(H2,15,17). The van der Waals surface area contributed by atoms with Crippen LogP contribution >= 0.6 is 0 Å². The summed E-state index contributed by atoms with van der Waals surface area (Å²) in [5.74, 6) is 9.99. The summed E-state index contributed by atoms with van der Waals surface area (Å²) in [6.45, 7) is 0. The van der Waals surface area contributed by atoms with Crippen LogP contribution in [-0.4, -0.2) is 0 Å². The van der Waals surface area contributed by atoms with E-state index in [2.05, 4.69) is 20.7 Å². The van der Waals surface area contributed by atoms with E-state index in [1.807, 2.05) is 48.5 Å². The zero-order valence-electron chi connectivity index (χ0n) is 10.3. The summed E-state index contributed by atoms with van der Waals surface area (Å²) in [5, 5.41) is 14.0. The fourth-order valence-corrected chi connectivity index (χ4v) is 1.73. The lowest BCUT2D eigenvalue weighted by atomic mass is 10.0. The molecule has 2 aromatic carbocycles. The second-order valence-corrected chi connectivity index (χ2v) is 3.94. The quantitative estimate of drug-likeness (QED) is 0.497. The van der Waals surface area contributed by atoms with E-state index in [4.69, 9.17) is 11.7 Å². The van der Waals surface area contributed by atoms with E-state index in [-0.39, 0.29) is 0 Å². The number of nitrogens with zero attached hydrogens (tertiary/aromatic N) is 4. The predicted molar refractivity (Wildman–Crippen MR) is 73.1 cm³/mol. The number of hydrogen-bond donors (Lipinski definition) is 2. The molecule has 19 heavy (non-hydrogen) atoms. The van der Waals surface area contributed by atoms with Crippen LogP contribution < -0.4 is 11.7 Å². The van der Waals surface area contributed by atoms with Gasteiger partial charge in [-0.25, -0.2) is 0 Å². The normalized spacial score (nSPS) is 11.4. The van der Waals surface area contributed by atoms with Gasteiger partial charge in [-0.3, -0.25) is 0 Å². The first kappa shape index (κ1) is 12.7. The predicted octanol–water partition coefficient (Wildman–Crippen LogP) is 3.19. The Bertz CT molecular complexity index is 518. The molecule has 6 heteroatoms. The zero-order chi connectivity index (χ0) is 13.5. The first-order chi connectivity index (χ1) is 9.31. The average molecular weight is 254 g/mol. The van der Waals surface area contributed by atoms with E-state index in [1.54, 1.807) is 0 Å². The van der Waals surface area contributed by atoms with Crippen molar-refractivity contribution in [3.63, 3.8) is 0 Å². The summed E-state index contributed by atoms with van der Waals surface area (Å²) < 4.78 is 0. The number of hydrogen-bond acceptors (Lipinski definition) is 4. The molecule has 0 aliphatic carbocycles. The van der Waals surface area contributed by atoms with Crippen molar-refractivity contribution in [2.24, 2.45) is 32.4 Å². The van der Waals surface area contributed by atoms with Gasteiger partial charge < -0.3 is 11.7 Å². The van der Waals surface area contributed by atoms with Crippen LogP contribution in [0.2, 0.25) is 0 Å². The third-order valence-corrected chi connectivity index (χ3v) is 2.63. The Hall–Kier alpha value is -2.76. The molecule has 0 aliphatic rings. The van der Waals surface area contributed by atoms with Crippen molar-refractivity contribution in [1.82, 2.24) is 0 Å². The maximum atomic E-state index is 4.99. The topological polar surface area (TPSA) is 101 Å². The highest BCUT2D eigenvalue weighted by molar-refractivity contribution is 5.42. The maximum Gasteiger partial charge on any atom is 0.0874 e. The number of rotatable bonds is 4. The smallest absolute Gasteiger partial charge is 0.0874 e. The first-order valence-electron chi connectivity index (χ1n) is 5.71. The minimum absolute atomic E-state index is 0.741. The minimum Gasteiger partial charge on any atom is -0.305 e. The molecular formula is C13H14N6. The third kappa shape index (κ3) is 3.60. The summed E-state index contributed by atoms with van der Waals surface area (Å²) in [4.78, 5) is 0. The van der Waals surface area contributed by atoms with Crippen molar-refractivity contribution >= 4 is 11.4 Å². The van der Waals surface area contributed by atoms with Crippen LogP contribution in [0, 0.1) is 0 Å². The van der Waals surface area contributed by atoms with Crippen LogP contribution in [0.4, 0.5) is 11.4 Å². The van der Waals surface area contributed by atoms with E-state index in [0.29, 0.717) is 0 Å². The van der Waals surface area contributed by atoms with Crippen LogP contribution in [0.25, 0.3) is 0 Å². The van der Waals surface area contributed by atoms with Crippen LogP contribution in [0.1, 0.15) is 11.1 Å². The first-order valence-corrected chi connectivity index (χ1v) is 5.71. The Kier molecular flexibility index (Phi) is 4.17. The monoisotopic (exact) mass is 254 g/mol. The van der Waals surface area contributed by atoms with Crippen LogP contribution in [0.5, 0.6) is 0 Å². The lowest BCUT2D eigenvalue weighted by Crippen LogP contribution is -1.87. The van der Waals surface area contributed by atoms with Crippen molar-refractivity contribution in [1.29, 1.82) is 0 Å². The number of nitrogens with two attached hydrogens (primary N) is 2. The molecule has 0 heterocycles. The van der Waals surface area contributed by atoms with Gasteiger partial charge in [0, 0.05) is 0 Å². The fourth-order valence-electron chi connectivity index (χ4n) is 1.73. The second-order valence-electron chi connectivity index (χ2n) is 3.94. The Balaban J connectivity index is 2.07. The molecule has 6 nitrogen and oxygen atoms in total. The molecule has 0 bridgehead atoms. The number of benzene rings is 2. The highest BCUT2D eigenvalue weighted by Gasteiger charge is 1.98. The maximum absolute atomic E-state index is 4.99. The van der Waals surface area contributed by atoms with Gasteiger partial charge in [-0.05, 0) is 41.8 Å². The molecule has 0 unspecified atom stereocenters. The minimum atomic E-state index is 0.741. The highest BCUT2D eigenvalue weighted by atomic mass is 15.3. The Labute approximate surface area is 110 Å². The summed E-state index contributed by atoms with van der Waals surface area (Å²) in [5.41, 5.74) is 3.85. The lowest BCUT2D eigenvalue weighted by molar-refractivity contribution is 1.06. The molecule has 2 aromatic rings. The van der Waals surface area contributed by atoms with Crippen molar-refractivity contribution in [2.45, 2.75) is 6.42 Å².